The second-order valence-corrected chi connectivity index (χ2v) is 6.91. The number of hydrogen-bond acceptors (Lipinski definition) is 4. The molecule has 1 aliphatic heterocycles. The Hall–Kier alpha value is -0.550. The molecule has 1 aliphatic carbocycles. The van der Waals surface area contributed by atoms with E-state index in [2.05, 4.69) is 0 Å². The summed E-state index contributed by atoms with van der Waals surface area (Å²) >= 11 is 1.69. The fraction of sp³-hybridized carbons (Fsp3) is 0.857. The summed E-state index contributed by atoms with van der Waals surface area (Å²) in [7, 11) is 0. The zero-order valence-corrected chi connectivity index (χ0v) is 12.2. The smallest absolute Gasteiger partial charge is 0.229 e. The Bertz CT molecular complexity index is 320. The Morgan fingerprint density at radius 1 is 1.11 bits per heavy atom. The van der Waals surface area contributed by atoms with Crippen molar-refractivity contribution >= 4 is 23.6 Å². The van der Waals surface area contributed by atoms with Gasteiger partial charge in [-0.3, -0.25) is 14.5 Å². The van der Waals surface area contributed by atoms with Crippen LogP contribution in [0, 0.1) is 5.41 Å². The third kappa shape index (κ3) is 3.72. The number of imide groups is 1. The zero-order chi connectivity index (χ0) is 13.7. The summed E-state index contributed by atoms with van der Waals surface area (Å²) in [5, 5.41) is 8.68. The quantitative estimate of drug-likeness (QED) is 0.597. The molecule has 108 valence electrons. The Labute approximate surface area is 118 Å². The molecule has 1 heterocycles. The molecule has 1 saturated heterocycles. The first-order valence-electron chi connectivity index (χ1n) is 7.19. The lowest BCUT2D eigenvalue weighted by Gasteiger charge is -2.37. The molecule has 0 aromatic heterocycles. The third-order valence-corrected chi connectivity index (χ3v) is 5.27. The molecule has 2 aliphatic rings. The average Bonchev–Trinajstić information content (AvgIpc) is 2.80. The number of hydrogen-bond donors (Lipinski definition) is 1. The van der Waals surface area contributed by atoms with Gasteiger partial charge in [-0.25, -0.2) is 0 Å². The Balaban J connectivity index is 1.79. The Kier molecular flexibility index (Phi) is 5.28. The largest absolute Gasteiger partial charge is 0.396 e. The fourth-order valence-corrected chi connectivity index (χ4v) is 4.04. The highest BCUT2D eigenvalue weighted by molar-refractivity contribution is 7.99. The lowest BCUT2D eigenvalue weighted by atomic mass is 9.76. The third-order valence-electron chi connectivity index (χ3n) is 4.22. The van der Waals surface area contributed by atoms with Gasteiger partial charge in [-0.2, -0.15) is 11.8 Å². The number of carbonyl (C=O) groups is 2. The second-order valence-electron chi connectivity index (χ2n) is 5.69. The van der Waals surface area contributed by atoms with Crippen LogP contribution in [0.5, 0.6) is 0 Å². The molecule has 1 saturated carbocycles. The highest BCUT2D eigenvalue weighted by atomic mass is 32.2. The van der Waals surface area contributed by atoms with Gasteiger partial charge in [0.2, 0.25) is 11.8 Å². The molecule has 1 N–H and O–H groups in total. The van der Waals surface area contributed by atoms with Gasteiger partial charge in [0.1, 0.15) is 0 Å². The molecule has 1 spiro atoms. The van der Waals surface area contributed by atoms with Crippen molar-refractivity contribution in [2.45, 2.75) is 44.9 Å². The van der Waals surface area contributed by atoms with Crippen molar-refractivity contribution in [1.82, 2.24) is 4.90 Å². The summed E-state index contributed by atoms with van der Waals surface area (Å²) in [6.45, 7) is 0.737. The summed E-state index contributed by atoms with van der Waals surface area (Å²) in [5.74, 6) is 1.73. The molecule has 2 amide bonds. The van der Waals surface area contributed by atoms with E-state index in [0.29, 0.717) is 19.4 Å². The van der Waals surface area contributed by atoms with Crippen LogP contribution < -0.4 is 0 Å². The van der Waals surface area contributed by atoms with Crippen LogP contribution in [-0.2, 0) is 9.59 Å². The average molecular weight is 285 g/mol. The standard InChI is InChI=1S/C14H23NO3S/c16-7-3-8-19-9-6-15-12(17)10-14(11-13(15)18)4-1-2-5-14/h16H,1-11H2. The molecule has 19 heavy (non-hydrogen) atoms. The lowest BCUT2D eigenvalue weighted by molar-refractivity contribution is -0.152. The molecule has 0 bridgehead atoms. The van der Waals surface area contributed by atoms with Crippen molar-refractivity contribution in [2.24, 2.45) is 5.41 Å². The Morgan fingerprint density at radius 3 is 2.32 bits per heavy atom. The van der Waals surface area contributed by atoms with Crippen LogP contribution in [0.2, 0.25) is 0 Å². The van der Waals surface area contributed by atoms with E-state index >= 15 is 0 Å². The van der Waals surface area contributed by atoms with Gasteiger partial charge < -0.3 is 5.11 Å². The van der Waals surface area contributed by atoms with Crippen molar-refractivity contribution < 1.29 is 14.7 Å². The summed E-state index contributed by atoms with van der Waals surface area (Å²) in [6, 6.07) is 0. The predicted molar refractivity (Wildman–Crippen MR) is 75.9 cm³/mol. The maximum Gasteiger partial charge on any atom is 0.229 e. The van der Waals surface area contributed by atoms with E-state index in [1.54, 1.807) is 11.8 Å². The van der Waals surface area contributed by atoms with Crippen LogP contribution in [-0.4, -0.2) is 46.5 Å². The minimum Gasteiger partial charge on any atom is -0.396 e. The number of piperidine rings is 1. The van der Waals surface area contributed by atoms with Gasteiger partial charge >= 0.3 is 0 Å². The van der Waals surface area contributed by atoms with Crippen molar-refractivity contribution in [1.29, 1.82) is 0 Å². The number of carbonyl (C=O) groups excluding carboxylic acids is 2. The maximum atomic E-state index is 12.1. The molecule has 0 unspecified atom stereocenters. The predicted octanol–water partition coefficient (Wildman–Crippen LogP) is 1.81. The summed E-state index contributed by atoms with van der Waals surface area (Å²) in [5.41, 5.74) is 0.00863. The molecule has 0 aromatic carbocycles. The Morgan fingerprint density at radius 2 is 1.74 bits per heavy atom. The molecule has 5 heteroatoms. The number of rotatable bonds is 6. The van der Waals surface area contributed by atoms with Gasteiger partial charge in [0.05, 0.1) is 0 Å². The first-order chi connectivity index (χ1) is 9.17. The summed E-state index contributed by atoms with van der Waals surface area (Å²) < 4.78 is 0. The summed E-state index contributed by atoms with van der Waals surface area (Å²) in [6.07, 6.45) is 6.33. The molecule has 2 fully saturated rings. The van der Waals surface area contributed by atoms with Crippen molar-refractivity contribution in [3.05, 3.63) is 0 Å². The van der Waals surface area contributed by atoms with Gasteiger partial charge in [0.15, 0.2) is 0 Å². The fourth-order valence-electron chi connectivity index (χ4n) is 3.19. The van der Waals surface area contributed by atoms with E-state index in [9.17, 15) is 9.59 Å². The van der Waals surface area contributed by atoms with E-state index in [-0.39, 0.29) is 23.8 Å². The number of nitrogens with zero attached hydrogens (tertiary/aromatic N) is 1. The topological polar surface area (TPSA) is 57.6 Å². The van der Waals surface area contributed by atoms with Crippen LogP contribution >= 0.6 is 11.8 Å². The number of thioether (sulfide) groups is 1. The lowest BCUT2D eigenvalue weighted by Crippen LogP contribution is -2.48. The minimum atomic E-state index is 0.00863. The SMILES string of the molecule is O=C1CC2(CCCC2)CC(=O)N1CCSCCCO. The van der Waals surface area contributed by atoms with Crippen LogP contribution in [0.25, 0.3) is 0 Å². The number of aliphatic hydroxyl groups excluding tert-OH is 1. The van der Waals surface area contributed by atoms with Crippen molar-refractivity contribution in [2.75, 3.05) is 24.7 Å². The highest BCUT2D eigenvalue weighted by Crippen LogP contribution is 2.46. The number of likely N-dealkylation sites (tertiary alicyclic amines) is 1. The van der Waals surface area contributed by atoms with E-state index in [1.807, 2.05) is 0 Å². The molecule has 2 rings (SSSR count). The van der Waals surface area contributed by atoms with E-state index in [4.69, 9.17) is 5.11 Å². The normalized spacial score (nSPS) is 22.5. The maximum absolute atomic E-state index is 12.1. The van der Waals surface area contributed by atoms with Crippen LogP contribution in [0.1, 0.15) is 44.9 Å². The number of amides is 2. The van der Waals surface area contributed by atoms with E-state index in [1.165, 1.54) is 4.90 Å². The molecule has 4 nitrogen and oxygen atoms in total. The first kappa shape index (κ1) is 14.9. The highest BCUT2D eigenvalue weighted by Gasteiger charge is 2.44. The zero-order valence-electron chi connectivity index (χ0n) is 11.4. The second kappa shape index (κ2) is 6.75. The molecule has 0 atom stereocenters. The van der Waals surface area contributed by atoms with Gasteiger partial charge in [0.25, 0.3) is 0 Å². The van der Waals surface area contributed by atoms with Crippen LogP contribution in [0.15, 0.2) is 0 Å². The summed E-state index contributed by atoms with van der Waals surface area (Å²) in [4.78, 5) is 25.7. The molecular formula is C14H23NO3S. The van der Waals surface area contributed by atoms with Gasteiger partial charge in [-0.1, -0.05) is 12.8 Å². The van der Waals surface area contributed by atoms with Crippen molar-refractivity contribution in [3.63, 3.8) is 0 Å². The van der Waals surface area contributed by atoms with Crippen LogP contribution in [0.3, 0.4) is 0 Å². The molecular weight excluding hydrogens is 262 g/mol. The van der Waals surface area contributed by atoms with Gasteiger partial charge in [-0.15, -0.1) is 0 Å². The first-order valence-corrected chi connectivity index (χ1v) is 8.34. The molecule has 0 aromatic rings. The number of aliphatic hydroxyl groups is 1. The van der Waals surface area contributed by atoms with Gasteiger partial charge in [0, 0.05) is 31.7 Å². The monoisotopic (exact) mass is 285 g/mol. The minimum absolute atomic E-state index is 0.00863. The van der Waals surface area contributed by atoms with E-state index < -0.39 is 0 Å². The van der Waals surface area contributed by atoms with Crippen LogP contribution in [0.4, 0.5) is 0 Å². The molecule has 0 radical (unpaired) electrons. The van der Waals surface area contributed by atoms with Crippen molar-refractivity contribution in [3.8, 4) is 0 Å². The van der Waals surface area contributed by atoms with E-state index in [0.717, 1.165) is 43.6 Å². The van der Waals surface area contributed by atoms with Gasteiger partial charge in [-0.05, 0) is 30.4 Å².